The number of rotatable bonds is 2. The van der Waals surface area contributed by atoms with Crippen LogP contribution in [-0.4, -0.2) is 24.3 Å². The minimum atomic E-state index is 0.151. The lowest BCUT2D eigenvalue weighted by molar-refractivity contribution is 0.0853. The number of benzene rings is 1. The number of ether oxygens (including phenoxy) is 1. The number of hydrogen-bond acceptors (Lipinski definition) is 3. The Bertz CT molecular complexity index is 367. The third-order valence-corrected chi connectivity index (χ3v) is 3.01. The van der Waals surface area contributed by atoms with Gasteiger partial charge in [0.25, 0.3) is 0 Å². The van der Waals surface area contributed by atoms with Crippen molar-refractivity contribution < 1.29 is 9.94 Å². The summed E-state index contributed by atoms with van der Waals surface area (Å²) in [5.74, 6) is 0.730. The van der Waals surface area contributed by atoms with Gasteiger partial charge >= 0.3 is 0 Å². The van der Waals surface area contributed by atoms with Gasteiger partial charge in [0.2, 0.25) is 0 Å². The standard InChI is InChI=1S/C12H16N2O2/c13-12(14-15)11-3-1-9(2-4-11)10-5-7-16-8-6-10/h1-4,10,15H,5-8H2,(H2,13,14). The van der Waals surface area contributed by atoms with Gasteiger partial charge in [-0.25, -0.2) is 0 Å². The van der Waals surface area contributed by atoms with Crippen molar-refractivity contribution in [1.29, 1.82) is 0 Å². The summed E-state index contributed by atoms with van der Waals surface area (Å²) < 4.78 is 5.33. The Hall–Kier alpha value is -1.55. The molecule has 1 aliphatic heterocycles. The number of amidine groups is 1. The quantitative estimate of drug-likeness (QED) is 0.345. The lowest BCUT2D eigenvalue weighted by atomic mass is 9.91. The van der Waals surface area contributed by atoms with Crippen molar-refractivity contribution in [1.82, 2.24) is 0 Å². The van der Waals surface area contributed by atoms with E-state index in [0.29, 0.717) is 5.92 Å². The summed E-state index contributed by atoms with van der Waals surface area (Å²) in [6.07, 6.45) is 2.14. The molecule has 0 unspecified atom stereocenters. The van der Waals surface area contributed by atoms with Crippen LogP contribution in [0.15, 0.2) is 29.4 Å². The Labute approximate surface area is 94.7 Å². The molecule has 0 aliphatic carbocycles. The molecule has 86 valence electrons. The van der Waals surface area contributed by atoms with Crippen LogP contribution in [0.25, 0.3) is 0 Å². The zero-order valence-electron chi connectivity index (χ0n) is 9.10. The highest BCUT2D eigenvalue weighted by Gasteiger charge is 2.15. The Morgan fingerprint density at radius 1 is 1.25 bits per heavy atom. The molecule has 0 spiro atoms. The van der Waals surface area contributed by atoms with Crippen LogP contribution in [-0.2, 0) is 4.74 Å². The second kappa shape index (κ2) is 4.99. The van der Waals surface area contributed by atoms with Gasteiger partial charge in [0.05, 0.1) is 0 Å². The lowest BCUT2D eigenvalue weighted by Crippen LogP contribution is -2.15. The minimum absolute atomic E-state index is 0.151. The molecule has 4 heteroatoms. The van der Waals surface area contributed by atoms with Crippen molar-refractivity contribution in [2.45, 2.75) is 18.8 Å². The van der Waals surface area contributed by atoms with Crippen LogP contribution in [0.2, 0.25) is 0 Å². The van der Waals surface area contributed by atoms with E-state index in [1.165, 1.54) is 5.56 Å². The average molecular weight is 220 g/mol. The van der Waals surface area contributed by atoms with Crippen LogP contribution in [0, 0.1) is 0 Å². The fraction of sp³-hybridized carbons (Fsp3) is 0.417. The first-order chi connectivity index (χ1) is 7.81. The molecule has 3 N–H and O–H groups in total. The molecule has 0 aromatic heterocycles. The van der Waals surface area contributed by atoms with E-state index >= 15 is 0 Å². The fourth-order valence-electron chi connectivity index (χ4n) is 2.01. The SMILES string of the molecule is N/C(=N\O)c1ccc(C2CCOCC2)cc1. The van der Waals surface area contributed by atoms with Crippen LogP contribution in [0.3, 0.4) is 0 Å². The topological polar surface area (TPSA) is 67.8 Å². The first-order valence-corrected chi connectivity index (χ1v) is 5.47. The predicted molar refractivity (Wildman–Crippen MR) is 61.7 cm³/mol. The van der Waals surface area contributed by atoms with E-state index in [2.05, 4.69) is 5.16 Å². The summed E-state index contributed by atoms with van der Waals surface area (Å²) in [5, 5.41) is 11.5. The van der Waals surface area contributed by atoms with Gasteiger partial charge < -0.3 is 15.7 Å². The highest BCUT2D eigenvalue weighted by Crippen LogP contribution is 2.26. The van der Waals surface area contributed by atoms with Crippen LogP contribution < -0.4 is 5.73 Å². The molecule has 1 aliphatic rings. The molecule has 1 aromatic rings. The van der Waals surface area contributed by atoms with E-state index < -0.39 is 0 Å². The molecule has 0 atom stereocenters. The van der Waals surface area contributed by atoms with Crippen molar-refractivity contribution in [3.8, 4) is 0 Å². The summed E-state index contributed by atoms with van der Waals surface area (Å²) in [6.45, 7) is 1.68. The maximum Gasteiger partial charge on any atom is 0.170 e. The third kappa shape index (κ3) is 2.33. The van der Waals surface area contributed by atoms with E-state index in [-0.39, 0.29) is 5.84 Å². The number of nitrogens with two attached hydrogens (primary N) is 1. The highest BCUT2D eigenvalue weighted by atomic mass is 16.5. The molecule has 4 nitrogen and oxygen atoms in total. The van der Waals surface area contributed by atoms with Crippen molar-refractivity contribution >= 4 is 5.84 Å². The summed E-state index contributed by atoms with van der Waals surface area (Å²) in [5.41, 5.74) is 7.55. The molecule has 1 saturated heterocycles. The Morgan fingerprint density at radius 2 is 1.88 bits per heavy atom. The normalized spacial score (nSPS) is 18.6. The second-order valence-corrected chi connectivity index (χ2v) is 3.99. The first-order valence-electron chi connectivity index (χ1n) is 5.47. The predicted octanol–water partition coefficient (Wildman–Crippen LogP) is 1.68. The Morgan fingerprint density at radius 3 is 2.44 bits per heavy atom. The minimum Gasteiger partial charge on any atom is -0.409 e. The molecule has 2 rings (SSSR count). The average Bonchev–Trinajstić information content (AvgIpc) is 2.39. The maximum absolute atomic E-state index is 8.55. The van der Waals surface area contributed by atoms with Crippen molar-refractivity contribution in [3.63, 3.8) is 0 Å². The lowest BCUT2D eigenvalue weighted by Gasteiger charge is -2.22. The van der Waals surface area contributed by atoms with E-state index in [1.807, 2.05) is 24.3 Å². The molecule has 16 heavy (non-hydrogen) atoms. The van der Waals surface area contributed by atoms with Gasteiger partial charge in [-0.15, -0.1) is 0 Å². The van der Waals surface area contributed by atoms with E-state index in [4.69, 9.17) is 15.7 Å². The van der Waals surface area contributed by atoms with Gasteiger partial charge in [-0.3, -0.25) is 0 Å². The molecular weight excluding hydrogens is 204 g/mol. The first kappa shape index (κ1) is 11.0. The number of hydrogen-bond donors (Lipinski definition) is 2. The van der Waals surface area contributed by atoms with Gasteiger partial charge in [-0.05, 0) is 24.3 Å². The summed E-state index contributed by atoms with van der Waals surface area (Å²) >= 11 is 0. The van der Waals surface area contributed by atoms with Crippen LogP contribution >= 0.6 is 0 Å². The Kier molecular flexibility index (Phi) is 3.41. The van der Waals surface area contributed by atoms with E-state index in [0.717, 1.165) is 31.6 Å². The smallest absolute Gasteiger partial charge is 0.170 e. The van der Waals surface area contributed by atoms with Gasteiger partial charge in [0.1, 0.15) is 0 Å². The molecule has 0 saturated carbocycles. The van der Waals surface area contributed by atoms with Crippen LogP contribution in [0.5, 0.6) is 0 Å². The van der Waals surface area contributed by atoms with Crippen molar-refractivity contribution in [2.24, 2.45) is 10.9 Å². The van der Waals surface area contributed by atoms with Crippen LogP contribution in [0.1, 0.15) is 29.9 Å². The van der Waals surface area contributed by atoms with Gasteiger partial charge in [0, 0.05) is 18.8 Å². The van der Waals surface area contributed by atoms with Crippen molar-refractivity contribution in [2.75, 3.05) is 13.2 Å². The molecule has 1 aromatic carbocycles. The monoisotopic (exact) mass is 220 g/mol. The molecule has 0 amide bonds. The van der Waals surface area contributed by atoms with Crippen molar-refractivity contribution in [3.05, 3.63) is 35.4 Å². The van der Waals surface area contributed by atoms with Gasteiger partial charge in [0.15, 0.2) is 5.84 Å². The van der Waals surface area contributed by atoms with Gasteiger partial charge in [-0.2, -0.15) is 0 Å². The van der Waals surface area contributed by atoms with E-state index in [1.54, 1.807) is 0 Å². The van der Waals surface area contributed by atoms with Gasteiger partial charge in [-0.1, -0.05) is 29.4 Å². The highest BCUT2D eigenvalue weighted by molar-refractivity contribution is 5.96. The molecule has 0 radical (unpaired) electrons. The number of oxime groups is 1. The second-order valence-electron chi connectivity index (χ2n) is 3.99. The summed E-state index contributed by atoms with van der Waals surface area (Å²) in [7, 11) is 0. The largest absolute Gasteiger partial charge is 0.409 e. The molecule has 1 heterocycles. The summed E-state index contributed by atoms with van der Waals surface area (Å²) in [6, 6.07) is 7.87. The molecule has 0 bridgehead atoms. The fourth-order valence-corrected chi connectivity index (χ4v) is 2.01. The number of nitrogens with zero attached hydrogens (tertiary/aromatic N) is 1. The third-order valence-electron chi connectivity index (χ3n) is 3.01. The zero-order chi connectivity index (χ0) is 11.4. The summed E-state index contributed by atoms with van der Waals surface area (Å²) in [4.78, 5) is 0. The maximum atomic E-state index is 8.55. The Balaban J connectivity index is 2.12. The van der Waals surface area contributed by atoms with Crippen LogP contribution in [0.4, 0.5) is 0 Å². The van der Waals surface area contributed by atoms with E-state index in [9.17, 15) is 0 Å². The molecule has 1 fully saturated rings. The molecular formula is C12H16N2O2. The zero-order valence-corrected chi connectivity index (χ0v) is 9.10.